The van der Waals surface area contributed by atoms with Gasteiger partial charge >= 0.3 is 0 Å². The maximum Gasteiger partial charge on any atom is 0.168 e. The largest absolute Gasteiger partial charge is 0.390 e. The third-order valence-electron chi connectivity index (χ3n) is 3.67. The van der Waals surface area contributed by atoms with E-state index in [2.05, 4.69) is 4.98 Å². The quantitative estimate of drug-likeness (QED) is 0.496. The van der Waals surface area contributed by atoms with Crippen molar-refractivity contribution in [3.05, 3.63) is 11.9 Å². The topological polar surface area (TPSA) is 47.3 Å². The van der Waals surface area contributed by atoms with Crippen LogP contribution in [0.5, 0.6) is 0 Å². The molecule has 0 atom stereocenters. The van der Waals surface area contributed by atoms with Gasteiger partial charge in [-0.15, -0.1) is 0 Å². The molecular weight excluding hydrogens is 260 g/mol. The van der Waals surface area contributed by atoms with Crippen LogP contribution in [0.2, 0.25) is 0 Å². The molecule has 0 aromatic carbocycles. The molecule has 4 nitrogen and oxygen atoms in total. The average Bonchev–Trinajstić information content (AvgIpc) is 2.64. The van der Waals surface area contributed by atoms with Crippen molar-refractivity contribution in [3.63, 3.8) is 0 Å². The Labute approximate surface area is 119 Å². The van der Waals surface area contributed by atoms with Crippen molar-refractivity contribution < 1.29 is 9.84 Å². The van der Waals surface area contributed by atoms with E-state index in [4.69, 9.17) is 9.84 Å². The SMILES string of the molecule is Cn1c(CO)cnc1SCCOC1CCCCCC1. The number of aliphatic hydroxyl groups is 1. The lowest BCUT2D eigenvalue weighted by molar-refractivity contribution is 0.0542. The van der Waals surface area contributed by atoms with Crippen molar-refractivity contribution in [2.75, 3.05) is 12.4 Å². The second-order valence-corrected chi connectivity index (χ2v) is 6.14. The molecule has 0 aliphatic heterocycles. The molecule has 108 valence electrons. The maximum absolute atomic E-state index is 9.11. The van der Waals surface area contributed by atoms with Crippen molar-refractivity contribution in [2.24, 2.45) is 7.05 Å². The summed E-state index contributed by atoms with van der Waals surface area (Å²) in [7, 11) is 1.94. The predicted octanol–water partition coefficient (Wildman–Crippen LogP) is 2.74. The van der Waals surface area contributed by atoms with Gasteiger partial charge in [-0.1, -0.05) is 37.4 Å². The Morgan fingerprint density at radius 1 is 1.37 bits per heavy atom. The molecular formula is C14H24N2O2S. The number of hydrogen-bond acceptors (Lipinski definition) is 4. The number of imidazole rings is 1. The van der Waals surface area contributed by atoms with Gasteiger partial charge in [-0.05, 0) is 12.8 Å². The zero-order chi connectivity index (χ0) is 13.5. The van der Waals surface area contributed by atoms with Crippen LogP contribution in [0.25, 0.3) is 0 Å². The highest BCUT2D eigenvalue weighted by Gasteiger charge is 2.12. The number of hydrogen-bond donors (Lipinski definition) is 1. The first kappa shape index (κ1) is 14.9. The van der Waals surface area contributed by atoms with Gasteiger partial charge in [0, 0.05) is 12.8 Å². The lowest BCUT2D eigenvalue weighted by Crippen LogP contribution is -2.13. The Balaban J connectivity index is 1.67. The molecule has 1 N–H and O–H groups in total. The Hall–Kier alpha value is -0.520. The number of aliphatic hydroxyl groups excluding tert-OH is 1. The van der Waals surface area contributed by atoms with Crippen LogP contribution in [-0.2, 0) is 18.4 Å². The van der Waals surface area contributed by atoms with Crippen LogP contribution in [-0.4, -0.2) is 33.1 Å². The van der Waals surface area contributed by atoms with Crippen molar-refractivity contribution in [2.45, 2.75) is 56.4 Å². The smallest absolute Gasteiger partial charge is 0.168 e. The zero-order valence-electron chi connectivity index (χ0n) is 11.7. The van der Waals surface area contributed by atoms with Crippen LogP contribution >= 0.6 is 11.8 Å². The molecule has 5 heteroatoms. The van der Waals surface area contributed by atoms with Crippen molar-refractivity contribution in [1.29, 1.82) is 0 Å². The van der Waals surface area contributed by atoms with Gasteiger partial charge in [0.25, 0.3) is 0 Å². The van der Waals surface area contributed by atoms with E-state index in [1.807, 2.05) is 11.6 Å². The highest BCUT2D eigenvalue weighted by atomic mass is 32.2. The minimum Gasteiger partial charge on any atom is -0.390 e. The van der Waals surface area contributed by atoms with E-state index in [1.54, 1.807) is 18.0 Å². The maximum atomic E-state index is 9.11. The summed E-state index contributed by atoms with van der Waals surface area (Å²) in [6, 6.07) is 0. The summed E-state index contributed by atoms with van der Waals surface area (Å²) in [4.78, 5) is 4.30. The van der Waals surface area contributed by atoms with Gasteiger partial charge in [0.2, 0.25) is 0 Å². The van der Waals surface area contributed by atoms with E-state index in [1.165, 1.54) is 38.5 Å². The van der Waals surface area contributed by atoms with Crippen molar-refractivity contribution >= 4 is 11.8 Å². The van der Waals surface area contributed by atoms with Crippen LogP contribution in [0.1, 0.15) is 44.2 Å². The second kappa shape index (κ2) is 7.92. The zero-order valence-corrected chi connectivity index (χ0v) is 12.5. The van der Waals surface area contributed by atoms with E-state index in [-0.39, 0.29) is 6.61 Å². The molecule has 1 saturated carbocycles. The molecule has 0 radical (unpaired) electrons. The summed E-state index contributed by atoms with van der Waals surface area (Å²) in [5.41, 5.74) is 0.854. The lowest BCUT2D eigenvalue weighted by Gasteiger charge is -2.14. The summed E-state index contributed by atoms with van der Waals surface area (Å²) >= 11 is 1.69. The highest BCUT2D eigenvalue weighted by Crippen LogP contribution is 2.21. The molecule has 0 unspecified atom stereocenters. The van der Waals surface area contributed by atoms with Crippen LogP contribution in [0.4, 0.5) is 0 Å². The second-order valence-electron chi connectivity index (χ2n) is 5.08. The van der Waals surface area contributed by atoms with Crippen molar-refractivity contribution in [3.8, 4) is 0 Å². The molecule has 19 heavy (non-hydrogen) atoms. The van der Waals surface area contributed by atoms with Gasteiger partial charge in [-0.2, -0.15) is 0 Å². The molecule has 1 fully saturated rings. The third kappa shape index (κ3) is 4.51. The van der Waals surface area contributed by atoms with E-state index < -0.39 is 0 Å². The third-order valence-corrected chi connectivity index (χ3v) is 4.68. The first-order valence-electron chi connectivity index (χ1n) is 7.17. The number of ether oxygens (including phenoxy) is 1. The van der Waals surface area contributed by atoms with Crippen LogP contribution in [0, 0.1) is 0 Å². The number of rotatable bonds is 6. The molecule has 2 rings (SSSR count). The molecule has 0 saturated heterocycles. The molecule has 1 aromatic heterocycles. The van der Waals surface area contributed by atoms with Gasteiger partial charge in [0.15, 0.2) is 5.16 Å². The fourth-order valence-corrected chi connectivity index (χ4v) is 3.26. The van der Waals surface area contributed by atoms with Gasteiger partial charge in [-0.25, -0.2) is 4.98 Å². The average molecular weight is 284 g/mol. The molecule has 0 amide bonds. The van der Waals surface area contributed by atoms with Gasteiger partial charge < -0.3 is 14.4 Å². The number of aromatic nitrogens is 2. The Kier molecular flexibility index (Phi) is 6.20. The Morgan fingerprint density at radius 3 is 2.74 bits per heavy atom. The van der Waals surface area contributed by atoms with Crippen LogP contribution in [0.15, 0.2) is 11.4 Å². The lowest BCUT2D eigenvalue weighted by atomic mass is 10.1. The molecule has 1 aromatic rings. The van der Waals surface area contributed by atoms with E-state index >= 15 is 0 Å². The summed E-state index contributed by atoms with van der Waals surface area (Å²) in [5.74, 6) is 0.923. The van der Waals surface area contributed by atoms with Gasteiger partial charge in [-0.3, -0.25) is 0 Å². The van der Waals surface area contributed by atoms with E-state index in [0.717, 1.165) is 23.2 Å². The predicted molar refractivity (Wildman–Crippen MR) is 77.3 cm³/mol. The standard InChI is InChI=1S/C14H24N2O2S/c1-16-12(11-17)10-15-14(16)19-9-8-18-13-6-4-2-3-5-7-13/h10,13,17H,2-9,11H2,1H3. The summed E-state index contributed by atoms with van der Waals surface area (Å²) in [5, 5.41) is 10.1. The number of thioether (sulfide) groups is 1. The fraction of sp³-hybridized carbons (Fsp3) is 0.786. The Bertz CT molecular complexity index is 374. The van der Waals surface area contributed by atoms with Crippen LogP contribution < -0.4 is 0 Å². The first-order valence-corrected chi connectivity index (χ1v) is 8.15. The van der Waals surface area contributed by atoms with Gasteiger partial charge in [0.05, 0.1) is 31.2 Å². The summed E-state index contributed by atoms with van der Waals surface area (Å²) < 4.78 is 7.89. The van der Waals surface area contributed by atoms with E-state index in [9.17, 15) is 0 Å². The Morgan fingerprint density at radius 2 is 2.11 bits per heavy atom. The molecule has 0 spiro atoms. The van der Waals surface area contributed by atoms with Crippen molar-refractivity contribution in [1.82, 2.24) is 9.55 Å². The fourth-order valence-electron chi connectivity index (χ4n) is 2.46. The molecule has 1 aliphatic rings. The van der Waals surface area contributed by atoms with Crippen LogP contribution in [0.3, 0.4) is 0 Å². The first-order chi connectivity index (χ1) is 9.31. The minimum atomic E-state index is 0.0443. The monoisotopic (exact) mass is 284 g/mol. The normalized spacial score (nSPS) is 17.6. The molecule has 1 aliphatic carbocycles. The number of nitrogens with zero attached hydrogens (tertiary/aromatic N) is 2. The van der Waals surface area contributed by atoms with E-state index in [0.29, 0.717) is 6.10 Å². The summed E-state index contributed by atoms with van der Waals surface area (Å²) in [6.07, 6.45) is 10.0. The highest BCUT2D eigenvalue weighted by molar-refractivity contribution is 7.99. The molecule has 0 bridgehead atoms. The minimum absolute atomic E-state index is 0.0443. The molecule has 1 heterocycles. The van der Waals surface area contributed by atoms with Gasteiger partial charge in [0.1, 0.15) is 0 Å². The summed E-state index contributed by atoms with van der Waals surface area (Å²) in [6.45, 7) is 0.833.